The molecule has 0 saturated carbocycles. The number of benzene rings is 2. The van der Waals surface area contributed by atoms with Gasteiger partial charge in [-0.05, 0) is 61.7 Å². The maximum atomic E-state index is 13.0. The number of hydrogen-bond acceptors (Lipinski definition) is 6. The van der Waals surface area contributed by atoms with Crippen LogP contribution in [-0.4, -0.2) is 63.2 Å². The molecule has 0 N–H and O–H groups in total. The van der Waals surface area contributed by atoms with Crippen LogP contribution in [0.15, 0.2) is 46.3 Å². The number of rotatable bonds is 8. The summed E-state index contributed by atoms with van der Waals surface area (Å²) >= 11 is 7.72. The third-order valence-electron chi connectivity index (χ3n) is 6.04. The smallest absolute Gasteiger partial charge is 0.279 e. The Balaban J connectivity index is 1.61. The van der Waals surface area contributed by atoms with Gasteiger partial charge >= 0.3 is 0 Å². The zero-order chi connectivity index (χ0) is 25.2. The summed E-state index contributed by atoms with van der Waals surface area (Å²) < 4.78 is 40.9. The van der Waals surface area contributed by atoms with Crippen LogP contribution in [0.3, 0.4) is 0 Å². The van der Waals surface area contributed by atoms with Gasteiger partial charge in [0.25, 0.3) is 5.91 Å². The normalized spacial score (nSPS) is 17.1. The number of thiazole rings is 1. The average molecular weight is 538 g/mol. The second-order valence-electron chi connectivity index (χ2n) is 8.41. The topological polar surface area (TPSA) is 90.2 Å². The van der Waals surface area contributed by atoms with Crippen LogP contribution < -0.4 is 4.80 Å². The molecule has 8 nitrogen and oxygen atoms in total. The van der Waals surface area contributed by atoms with Crippen molar-refractivity contribution >= 4 is 49.1 Å². The highest BCUT2D eigenvalue weighted by Gasteiger charge is 2.26. The van der Waals surface area contributed by atoms with Crippen molar-refractivity contribution in [1.29, 1.82) is 0 Å². The lowest BCUT2D eigenvalue weighted by Crippen LogP contribution is -2.34. The molecule has 0 bridgehead atoms. The van der Waals surface area contributed by atoms with Gasteiger partial charge in [0.1, 0.15) is 0 Å². The number of hydrogen-bond donors (Lipinski definition) is 0. The molecule has 11 heteroatoms. The number of carbonyl (C=O) groups is 1. The quantitative estimate of drug-likeness (QED) is 0.435. The highest BCUT2D eigenvalue weighted by molar-refractivity contribution is 7.89. The zero-order valence-corrected chi connectivity index (χ0v) is 22.3. The van der Waals surface area contributed by atoms with Crippen molar-refractivity contribution in [1.82, 2.24) is 8.87 Å². The predicted molar refractivity (Wildman–Crippen MR) is 137 cm³/mol. The first-order valence-corrected chi connectivity index (χ1v) is 13.9. The Hall–Kier alpha value is -2.08. The summed E-state index contributed by atoms with van der Waals surface area (Å²) in [6.45, 7) is 3.86. The minimum absolute atomic E-state index is 0.0842. The van der Waals surface area contributed by atoms with E-state index in [1.165, 1.54) is 39.9 Å². The lowest BCUT2D eigenvalue weighted by Gasteiger charge is -2.20. The maximum absolute atomic E-state index is 13.0. The standard InChI is InChI=1S/C24H28ClN3O5S2/c1-16-20(25)10-11-21-22(16)28(12-14-32-3)24(34-21)26-23(29)17-6-8-19(9-7-17)35(30,31)27(2)15-18-5-4-13-33-18/h6-11,18H,4-5,12-15H2,1-3H3. The van der Waals surface area contributed by atoms with Gasteiger partial charge in [-0.3, -0.25) is 4.79 Å². The number of sulfonamides is 1. The number of methoxy groups -OCH3 is 1. The number of halogens is 1. The van der Waals surface area contributed by atoms with Crippen molar-refractivity contribution in [2.45, 2.75) is 37.3 Å². The number of carbonyl (C=O) groups excluding carboxylic acids is 1. The molecule has 1 amide bonds. The molecule has 1 unspecified atom stereocenters. The van der Waals surface area contributed by atoms with Gasteiger partial charge in [-0.25, -0.2) is 8.42 Å². The monoisotopic (exact) mass is 537 g/mol. The summed E-state index contributed by atoms with van der Waals surface area (Å²) in [6.07, 6.45) is 1.71. The van der Waals surface area contributed by atoms with Crippen molar-refractivity contribution in [3.05, 3.63) is 57.3 Å². The molecule has 1 saturated heterocycles. The molecule has 4 rings (SSSR count). The second kappa shape index (κ2) is 10.9. The molecular weight excluding hydrogens is 510 g/mol. The molecule has 0 spiro atoms. The molecule has 2 heterocycles. The number of fused-ring (bicyclic) bond motifs is 1. The number of aromatic nitrogens is 1. The Kier molecular flexibility index (Phi) is 8.09. The first-order valence-electron chi connectivity index (χ1n) is 11.3. The third kappa shape index (κ3) is 5.52. The molecule has 1 fully saturated rings. The van der Waals surface area contributed by atoms with E-state index >= 15 is 0 Å². The fraction of sp³-hybridized carbons (Fsp3) is 0.417. The number of aryl methyl sites for hydroxylation is 1. The molecule has 0 radical (unpaired) electrons. The molecule has 2 aromatic carbocycles. The summed E-state index contributed by atoms with van der Waals surface area (Å²) in [5.74, 6) is -0.455. The molecule has 1 aliphatic heterocycles. The van der Waals surface area contributed by atoms with Crippen LogP contribution in [0, 0.1) is 6.92 Å². The van der Waals surface area contributed by atoms with Crippen molar-refractivity contribution in [3.8, 4) is 0 Å². The first kappa shape index (κ1) is 26.0. The molecule has 188 valence electrons. The van der Waals surface area contributed by atoms with Gasteiger partial charge in [-0.1, -0.05) is 22.9 Å². The van der Waals surface area contributed by atoms with E-state index in [-0.39, 0.29) is 11.0 Å². The van der Waals surface area contributed by atoms with Crippen molar-refractivity contribution in [2.75, 3.05) is 33.9 Å². The van der Waals surface area contributed by atoms with E-state index in [4.69, 9.17) is 21.1 Å². The van der Waals surface area contributed by atoms with E-state index in [0.717, 1.165) is 28.6 Å². The SMILES string of the molecule is COCCn1c(=NC(=O)c2ccc(S(=O)(=O)N(C)CC3CCCO3)cc2)sc2ccc(Cl)c(C)c21. The van der Waals surface area contributed by atoms with Gasteiger partial charge < -0.3 is 14.0 Å². The van der Waals surface area contributed by atoms with Crippen LogP contribution in [0.5, 0.6) is 0 Å². The lowest BCUT2D eigenvalue weighted by atomic mass is 10.2. The fourth-order valence-corrected chi connectivity index (χ4v) is 6.53. The van der Waals surface area contributed by atoms with Crippen LogP contribution >= 0.6 is 22.9 Å². The van der Waals surface area contributed by atoms with Gasteiger partial charge in [0.2, 0.25) is 10.0 Å². The van der Waals surface area contributed by atoms with Gasteiger partial charge in [0.05, 0.1) is 27.8 Å². The van der Waals surface area contributed by atoms with Crippen LogP contribution in [-0.2, 0) is 26.0 Å². The molecular formula is C24H28ClN3O5S2. The second-order valence-corrected chi connectivity index (χ2v) is 11.9. The maximum Gasteiger partial charge on any atom is 0.279 e. The summed E-state index contributed by atoms with van der Waals surface area (Å²) in [6, 6.07) is 9.61. The molecule has 1 atom stereocenters. The number of likely N-dealkylation sites (N-methyl/N-ethyl adjacent to an activating group) is 1. The minimum Gasteiger partial charge on any atom is -0.383 e. The van der Waals surface area contributed by atoms with Gasteiger partial charge in [0, 0.05) is 44.4 Å². The molecule has 0 aliphatic carbocycles. The largest absolute Gasteiger partial charge is 0.383 e. The van der Waals surface area contributed by atoms with E-state index < -0.39 is 15.9 Å². The third-order valence-corrected chi connectivity index (χ3v) is 9.33. The Morgan fingerprint density at radius 1 is 1.29 bits per heavy atom. The first-order chi connectivity index (χ1) is 16.7. The predicted octanol–water partition coefficient (Wildman–Crippen LogP) is 3.85. The van der Waals surface area contributed by atoms with E-state index in [1.807, 2.05) is 23.6 Å². The number of ether oxygens (including phenoxy) is 2. The summed E-state index contributed by atoms with van der Waals surface area (Å²) in [5, 5.41) is 0.639. The average Bonchev–Trinajstić information content (AvgIpc) is 3.48. The number of amides is 1. The molecule has 1 aromatic heterocycles. The summed E-state index contributed by atoms with van der Waals surface area (Å²) in [4.78, 5) is 18.0. The van der Waals surface area contributed by atoms with E-state index in [0.29, 0.717) is 41.7 Å². The van der Waals surface area contributed by atoms with E-state index in [1.54, 1.807) is 14.2 Å². The molecule has 3 aromatic rings. The van der Waals surface area contributed by atoms with Crippen LogP contribution in [0.4, 0.5) is 0 Å². The zero-order valence-electron chi connectivity index (χ0n) is 19.9. The Labute approximate surface area is 213 Å². The highest BCUT2D eigenvalue weighted by Crippen LogP contribution is 2.27. The van der Waals surface area contributed by atoms with Gasteiger partial charge in [-0.2, -0.15) is 9.30 Å². The number of nitrogens with zero attached hydrogens (tertiary/aromatic N) is 3. The van der Waals surface area contributed by atoms with E-state index in [2.05, 4.69) is 4.99 Å². The highest BCUT2D eigenvalue weighted by atomic mass is 35.5. The lowest BCUT2D eigenvalue weighted by molar-refractivity contribution is 0.0979. The Morgan fingerprint density at radius 3 is 2.69 bits per heavy atom. The van der Waals surface area contributed by atoms with Crippen LogP contribution in [0.25, 0.3) is 10.2 Å². The summed E-state index contributed by atoms with van der Waals surface area (Å²) in [7, 11) is -0.531. The van der Waals surface area contributed by atoms with Crippen molar-refractivity contribution in [2.24, 2.45) is 4.99 Å². The Morgan fingerprint density at radius 2 is 2.03 bits per heavy atom. The van der Waals surface area contributed by atoms with E-state index in [9.17, 15) is 13.2 Å². The Bertz CT molecular complexity index is 1390. The van der Waals surface area contributed by atoms with Crippen molar-refractivity contribution < 1.29 is 22.7 Å². The summed E-state index contributed by atoms with van der Waals surface area (Å²) in [5.41, 5.74) is 2.13. The van der Waals surface area contributed by atoms with Crippen LogP contribution in [0.2, 0.25) is 5.02 Å². The fourth-order valence-electron chi connectivity index (χ4n) is 4.06. The molecule has 35 heavy (non-hydrogen) atoms. The molecule has 1 aliphatic rings. The van der Waals surface area contributed by atoms with Crippen LogP contribution in [0.1, 0.15) is 28.8 Å². The van der Waals surface area contributed by atoms with Crippen molar-refractivity contribution in [3.63, 3.8) is 0 Å². The minimum atomic E-state index is -3.69. The van der Waals surface area contributed by atoms with Gasteiger partial charge in [-0.15, -0.1) is 0 Å². The van der Waals surface area contributed by atoms with Gasteiger partial charge in [0.15, 0.2) is 4.80 Å².